The minimum Gasteiger partial charge on any atom is -0.473 e. The van der Waals surface area contributed by atoms with Gasteiger partial charge >= 0.3 is 0 Å². The van der Waals surface area contributed by atoms with Gasteiger partial charge in [-0.15, -0.1) is 0 Å². The van der Waals surface area contributed by atoms with E-state index < -0.39 is 0 Å². The van der Waals surface area contributed by atoms with E-state index in [2.05, 4.69) is 37.0 Å². The maximum Gasteiger partial charge on any atom is 0.217 e. The second-order valence-corrected chi connectivity index (χ2v) is 4.49. The van der Waals surface area contributed by atoms with E-state index in [-0.39, 0.29) is 0 Å². The Bertz CT molecular complexity index is 520. The Balaban J connectivity index is 2.18. The molecule has 0 saturated heterocycles. The van der Waals surface area contributed by atoms with Crippen molar-refractivity contribution in [3.05, 3.63) is 58.8 Å². The molecule has 0 fully saturated rings. The van der Waals surface area contributed by atoms with Crippen LogP contribution in [-0.4, -0.2) is 4.98 Å². The lowest BCUT2D eigenvalue weighted by molar-refractivity contribution is 0.290. The Kier molecular flexibility index (Phi) is 3.98. The normalized spacial score (nSPS) is 10.4. The van der Waals surface area contributed by atoms with E-state index in [0.717, 1.165) is 18.0 Å². The summed E-state index contributed by atoms with van der Waals surface area (Å²) < 4.78 is 5.86. The highest BCUT2D eigenvalue weighted by Gasteiger charge is 2.08. The summed E-state index contributed by atoms with van der Waals surface area (Å²) in [6.45, 7) is 6.82. The van der Waals surface area contributed by atoms with Crippen LogP contribution in [0.2, 0.25) is 0 Å². The summed E-state index contributed by atoms with van der Waals surface area (Å²) in [6.07, 6.45) is 0.948. The fourth-order valence-electron chi connectivity index (χ4n) is 2.10. The fraction of sp³-hybridized carbons (Fsp3) is 0.312. The molecule has 0 saturated carbocycles. The molecule has 0 bridgehead atoms. The lowest BCUT2D eigenvalue weighted by atomic mass is 10.1. The quantitative estimate of drug-likeness (QED) is 0.811. The number of pyridine rings is 1. The van der Waals surface area contributed by atoms with Crippen LogP contribution in [0.25, 0.3) is 0 Å². The van der Waals surface area contributed by atoms with Gasteiger partial charge in [-0.1, -0.05) is 37.3 Å². The number of aromatic nitrogens is 1. The van der Waals surface area contributed by atoms with E-state index in [1.54, 1.807) is 0 Å². The molecule has 0 aliphatic carbocycles. The first-order chi connectivity index (χ1) is 8.70. The first-order valence-electron chi connectivity index (χ1n) is 6.34. The van der Waals surface area contributed by atoms with Crippen LogP contribution in [0.5, 0.6) is 5.88 Å². The summed E-state index contributed by atoms with van der Waals surface area (Å²) in [5, 5.41) is 0. The molecule has 1 aromatic carbocycles. The van der Waals surface area contributed by atoms with Gasteiger partial charge in [0.2, 0.25) is 5.88 Å². The molecule has 0 unspecified atom stereocenters. The molecule has 1 heterocycles. The van der Waals surface area contributed by atoms with Crippen molar-refractivity contribution in [1.82, 2.24) is 4.98 Å². The van der Waals surface area contributed by atoms with E-state index in [0.29, 0.717) is 6.61 Å². The molecule has 18 heavy (non-hydrogen) atoms. The number of hydrogen-bond acceptors (Lipinski definition) is 2. The zero-order valence-electron chi connectivity index (χ0n) is 11.2. The van der Waals surface area contributed by atoms with Crippen LogP contribution < -0.4 is 4.74 Å². The SMILES string of the molecule is CCc1c(C)cc(C)nc1OCc1ccccc1. The van der Waals surface area contributed by atoms with Crippen molar-refractivity contribution in [2.45, 2.75) is 33.8 Å². The molecule has 94 valence electrons. The summed E-state index contributed by atoms with van der Waals surface area (Å²) in [5.74, 6) is 0.777. The molecule has 2 aromatic rings. The largest absolute Gasteiger partial charge is 0.473 e. The molecular formula is C16H19NO. The fourth-order valence-corrected chi connectivity index (χ4v) is 2.10. The Morgan fingerprint density at radius 1 is 1.11 bits per heavy atom. The molecule has 0 spiro atoms. The summed E-state index contributed by atoms with van der Waals surface area (Å²) in [6, 6.07) is 12.3. The molecule has 0 aliphatic rings. The van der Waals surface area contributed by atoms with Gasteiger partial charge in [0.1, 0.15) is 6.61 Å². The molecule has 0 aliphatic heterocycles. The van der Waals surface area contributed by atoms with Gasteiger partial charge in [-0.2, -0.15) is 0 Å². The zero-order chi connectivity index (χ0) is 13.0. The zero-order valence-corrected chi connectivity index (χ0v) is 11.2. The highest BCUT2D eigenvalue weighted by Crippen LogP contribution is 2.22. The van der Waals surface area contributed by atoms with Crippen LogP contribution in [0.15, 0.2) is 36.4 Å². The van der Waals surface area contributed by atoms with Gasteiger partial charge in [0.25, 0.3) is 0 Å². The molecule has 0 radical (unpaired) electrons. The summed E-state index contributed by atoms with van der Waals surface area (Å²) in [5.41, 5.74) is 4.64. The van der Waals surface area contributed by atoms with Crippen molar-refractivity contribution < 1.29 is 4.74 Å². The number of rotatable bonds is 4. The van der Waals surface area contributed by atoms with Crippen molar-refractivity contribution in [3.8, 4) is 5.88 Å². The minimum atomic E-state index is 0.573. The van der Waals surface area contributed by atoms with Crippen LogP contribution >= 0.6 is 0 Å². The average molecular weight is 241 g/mol. The first-order valence-corrected chi connectivity index (χ1v) is 6.34. The van der Waals surface area contributed by atoms with Crippen LogP contribution in [0.1, 0.15) is 29.3 Å². The molecular weight excluding hydrogens is 222 g/mol. The summed E-state index contributed by atoms with van der Waals surface area (Å²) in [7, 11) is 0. The van der Waals surface area contributed by atoms with Gasteiger partial charge in [0.05, 0.1) is 0 Å². The topological polar surface area (TPSA) is 22.1 Å². The molecule has 0 N–H and O–H groups in total. The predicted octanol–water partition coefficient (Wildman–Crippen LogP) is 3.84. The molecule has 2 rings (SSSR count). The van der Waals surface area contributed by atoms with Crippen molar-refractivity contribution in [3.63, 3.8) is 0 Å². The highest BCUT2D eigenvalue weighted by molar-refractivity contribution is 5.36. The van der Waals surface area contributed by atoms with Crippen molar-refractivity contribution in [2.24, 2.45) is 0 Å². The van der Waals surface area contributed by atoms with Gasteiger partial charge in [-0.05, 0) is 37.5 Å². The maximum atomic E-state index is 5.86. The second kappa shape index (κ2) is 5.67. The number of nitrogens with zero attached hydrogens (tertiary/aromatic N) is 1. The highest BCUT2D eigenvalue weighted by atomic mass is 16.5. The number of ether oxygens (including phenoxy) is 1. The Hall–Kier alpha value is -1.83. The Morgan fingerprint density at radius 3 is 2.50 bits per heavy atom. The molecule has 0 amide bonds. The van der Waals surface area contributed by atoms with Crippen LogP contribution in [0, 0.1) is 13.8 Å². The van der Waals surface area contributed by atoms with Crippen molar-refractivity contribution in [1.29, 1.82) is 0 Å². The third-order valence-corrected chi connectivity index (χ3v) is 3.01. The van der Waals surface area contributed by atoms with Gasteiger partial charge in [-0.3, -0.25) is 0 Å². The molecule has 2 heteroatoms. The number of aryl methyl sites for hydroxylation is 2. The Labute approximate surface area is 109 Å². The van der Waals surface area contributed by atoms with E-state index in [1.807, 2.05) is 25.1 Å². The maximum absolute atomic E-state index is 5.86. The summed E-state index contributed by atoms with van der Waals surface area (Å²) in [4.78, 5) is 4.50. The third kappa shape index (κ3) is 2.89. The van der Waals surface area contributed by atoms with E-state index in [4.69, 9.17) is 4.74 Å². The number of hydrogen-bond donors (Lipinski definition) is 0. The molecule has 1 aromatic heterocycles. The second-order valence-electron chi connectivity index (χ2n) is 4.49. The van der Waals surface area contributed by atoms with E-state index in [1.165, 1.54) is 16.7 Å². The van der Waals surface area contributed by atoms with E-state index >= 15 is 0 Å². The van der Waals surface area contributed by atoms with Crippen LogP contribution in [-0.2, 0) is 13.0 Å². The van der Waals surface area contributed by atoms with Gasteiger partial charge in [-0.25, -0.2) is 4.98 Å². The van der Waals surface area contributed by atoms with E-state index in [9.17, 15) is 0 Å². The molecule has 0 atom stereocenters. The van der Waals surface area contributed by atoms with Crippen LogP contribution in [0.4, 0.5) is 0 Å². The van der Waals surface area contributed by atoms with Crippen molar-refractivity contribution in [2.75, 3.05) is 0 Å². The standard InChI is InChI=1S/C16H19NO/c1-4-15-12(2)10-13(3)17-16(15)18-11-14-8-6-5-7-9-14/h5-10H,4,11H2,1-3H3. The number of benzene rings is 1. The van der Waals surface area contributed by atoms with Gasteiger partial charge < -0.3 is 4.74 Å². The predicted molar refractivity (Wildman–Crippen MR) is 73.9 cm³/mol. The van der Waals surface area contributed by atoms with Gasteiger partial charge in [0, 0.05) is 11.3 Å². The monoisotopic (exact) mass is 241 g/mol. The van der Waals surface area contributed by atoms with Crippen molar-refractivity contribution >= 4 is 0 Å². The smallest absolute Gasteiger partial charge is 0.217 e. The lowest BCUT2D eigenvalue weighted by Crippen LogP contribution is -2.03. The average Bonchev–Trinajstić information content (AvgIpc) is 2.37. The lowest BCUT2D eigenvalue weighted by Gasteiger charge is -2.12. The van der Waals surface area contributed by atoms with Crippen LogP contribution in [0.3, 0.4) is 0 Å². The third-order valence-electron chi connectivity index (χ3n) is 3.01. The Morgan fingerprint density at radius 2 is 1.83 bits per heavy atom. The van der Waals surface area contributed by atoms with Gasteiger partial charge in [0.15, 0.2) is 0 Å². The first kappa shape index (κ1) is 12.6. The minimum absolute atomic E-state index is 0.573. The summed E-state index contributed by atoms with van der Waals surface area (Å²) >= 11 is 0. The molecule has 2 nitrogen and oxygen atoms in total.